The highest BCUT2D eigenvalue weighted by molar-refractivity contribution is 7.13. The first-order chi connectivity index (χ1) is 16.9. The summed E-state index contributed by atoms with van der Waals surface area (Å²) in [4.78, 5) is 18.6. The number of nitrogens with zero attached hydrogens (tertiary/aromatic N) is 2. The lowest BCUT2D eigenvalue weighted by molar-refractivity contribution is -0.127. The molecule has 0 saturated heterocycles. The number of benzene rings is 3. The van der Waals surface area contributed by atoms with Crippen molar-refractivity contribution in [1.29, 1.82) is 5.26 Å². The molecule has 1 atom stereocenters. The van der Waals surface area contributed by atoms with Crippen LogP contribution in [0.3, 0.4) is 0 Å². The lowest BCUT2D eigenvalue weighted by atomic mass is 9.47. The number of aryl methyl sites for hydroxylation is 1. The summed E-state index contributed by atoms with van der Waals surface area (Å²) < 4.78 is 0. The van der Waals surface area contributed by atoms with Crippen molar-refractivity contribution in [2.75, 3.05) is 5.32 Å². The van der Waals surface area contributed by atoms with E-state index in [0.29, 0.717) is 11.6 Å². The molecule has 7 rings (SSSR count). The maximum absolute atomic E-state index is 13.9. The molecule has 3 aliphatic carbocycles. The third-order valence-electron chi connectivity index (χ3n) is 7.72. The average molecular weight is 476 g/mol. The highest BCUT2D eigenvalue weighted by Crippen LogP contribution is 2.63. The number of carbonyl (C=O) groups is 1. The fraction of sp³-hybridized carbons (Fsp3) is 0.233. The van der Waals surface area contributed by atoms with Crippen LogP contribution >= 0.6 is 11.3 Å². The molecule has 0 radical (unpaired) electrons. The van der Waals surface area contributed by atoms with Crippen molar-refractivity contribution in [2.24, 2.45) is 5.41 Å². The number of amides is 1. The predicted octanol–water partition coefficient (Wildman–Crippen LogP) is 6.35. The summed E-state index contributed by atoms with van der Waals surface area (Å²) in [6, 6.07) is 27.3. The van der Waals surface area contributed by atoms with Gasteiger partial charge in [-0.15, -0.1) is 11.3 Å². The normalized spacial score (nSPS) is 23.7. The molecule has 1 heterocycles. The van der Waals surface area contributed by atoms with Gasteiger partial charge < -0.3 is 5.32 Å². The number of anilines is 1. The Hall–Kier alpha value is -3.75. The fourth-order valence-electron chi connectivity index (χ4n) is 6.09. The molecule has 0 saturated carbocycles. The maximum atomic E-state index is 13.9. The molecule has 172 valence electrons. The number of nitriles is 1. The zero-order valence-corrected chi connectivity index (χ0v) is 20.5. The number of carbonyl (C=O) groups excluding carboxylic acids is 1. The fourth-order valence-corrected chi connectivity index (χ4v) is 6.79. The Morgan fingerprint density at radius 2 is 1.69 bits per heavy atom. The molecular weight excluding hydrogens is 450 g/mol. The van der Waals surface area contributed by atoms with E-state index in [9.17, 15) is 10.1 Å². The third-order valence-corrected chi connectivity index (χ3v) is 8.53. The Morgan fingerprint density at radius 3 is 2.31 bits per heavy atom. The molecule has 1 N–H and O–H groups in total. The molecular formula is C30H25N3OS. The standard InChI is InChI=1S/C30H25N3OS/c1-19-11-13-20(14-12-19)15-21-16-35-28(32-21)33-27(34)29(2)17-30(18-31)24-9-5-3-7-22(24)26(29)23-8-4-6-10-25(23)30/h3-14,16,26H,15,17H2,1-2H3,(H,32,33,34). The van der Waals surface area contributed by atoms with E-state index in [1.165, 1.54) is 22.5 Å². The second-order valence-electron chi connectivity index (χ2n) is 9.98. The van der Waals surface area contributed by atoms with Crippen molar-refractivity contribution in [3.63, 3.8) is 0 Å². The van der Waals surface area contributed by atoms with E-state index < -0.39 is 10.8 Å². The van der Waals surface area contributed by atoms with Gasteiger partial charge in [0.1, 0.15) is 5.41 Å². The average Bonchev–Trinajstić information content (AvgIpc) is 3.32. The first-order valence-electron chi connectivity index (χ1n) is 11.9. The van der Waals surface area contributed by atoms with Crippen LogP contribution in [0.2, 0.25) is 0 Å². The van der Waals surface area contributed by atoms with E-state index in [1.807, 2.05) is 36.6 Å². The Labute approximate surface area is 209 Å². The van der Waals surface area contributed by atoms with E-state index in [4.69, 9.17) is 4.98 Å². The van der Waals surface area contributed by atoms with Crippen LogP contribution in [-0.4, -0.2) is 10.9 Å². The van der Waals surface area contributed by atoms with E-state index in [2.05, 4.69) is 66.8 Å². The SMILES string of the molecule is Cc1ccc(Cc2csc(NC(=O)C3(C)CC4(C#N)c5ccccc5C3c3ccccc34)n2)cc1. The highest BCUT2D eigenvalue weighted by Gasteiger charge is 2.61. The minimum absolute atomic E-state index is 0.0811. The van der Waals surface area contributed by atoms with Gasteiger partial charge in [-0.05, 0) is 48.1 Å². The first-order valence-corrected chi connectivity index (χ1v) is 12.7. The zero-order valence-electron chi connectivity index (χ0n) is 19.7. The van der Waals surface area contributed by atoms with Crippen LogP contribution in [0.4, 0.5) is 5.13 Å². The quantitative estimate of drug-likeness (QED) is 0.374. The van der Waals surface area contributed by atoms with Gasteiger partial charge in [-0.1, -0.05) is 78.4 Å². The number of nitrogens with one attached hydrogen (secondary N) is 1. The highest BCUT2D eigenvalue weighted by atomic mass is 32.1. The van der Waals surface area contributed by atoms with Crippen molar-refractivity contribution < 1.29 is 4.79 Å². The maximum Gasteiger partial charge on any atom is 0.233 e. The van der Waals surface area contributed by atoms with Gasteiger partial charge in [0.25, 0.3) is 0 Å². The van der Waals surface area contributed by atoms with Crippen LogP contribution in [0.1, 0.15) is 58.3 Å². The number of hydrogen-bond donors (Lipinski definition) is 1. The Morgan fingerprint density at radius 1 is 1.06 bits per heavy atom. The Bertz CT molecular complexity index is 1450. The molecule has 1 amide bonds. The minimum Gasteiger partial charge on any atom is -0.301 e. The summed E-state index contributed by atoms with van der Waals surface area (Å²) >= 11 is 1.45. The zero-order chi connectivity index (χ0) is 24.2. The van der Waals surface area contributed by atoms with Gasteiger partial charge >= 0.3 is 0 Å². The molecule has 4 nitrogen and oxygen atoms in total. The third kappa shape index (κ3) is 3.25. The van der Waals surface area contributed by atoms with Crippen molar-refractivity contribution in [2.45, 2.75) is 38.0 Å². The number of thiazole rings is 1. The molecule has 0 spiro atoms. The smallest absolute Gasteiger partial charge is 0.233 e. The first kappa shape index (κ1) is 21.8. The number of aromatic nitrogens is 1. The molecule has 5 heteroatoms. The van der Waals surface area contributed by atoms with Gasteiger partial charge in [0.2, 0.25) is 5.91 Å². The summed E-state index contributed by atoms with van der Waals surface area (Å²) in [5.74, 6) is -0.195. The van der Waals surface area contributed by atoms with Gasteiger partial charge in [-0.2, -0.15) is 5.26 Å². The topological polar surface area (TPSA) is 65.8 Å². The van der Waals surface area contributed by atoms with Gasteiger partial charge in [0.05, 0.1) is 17.2 Å². The Kier molecular flexibility index (Phi) is 4.91. The lowest BCUT2D eigenvalue weighted by Gasteiger charge is -2.54. The van der Waals surface area contributed by atoms with Gasteiger partial charge in [0.15, 0.2) is 5.13 Å². The molecule has 35 heavy (non-hydrogen) atoms. The molecule has 4 aromatic rings. The minimum atomic E-state index is -0.840. The van der Waals surface area contributed by atoms with E-state index >= 15 is 0 Å². The summed E-state index contributed by atoms with van der Waals surface area (Å²) in [7, 11) is 0. The van der Waals surface area contributed by atoms with Crippen molar-refractivity contribution >= 4 is 22.4 Å². The lowest BCUT2D eigenvalue weighted by Crippen LogP contribution is -2.53. The largest absolute Gasteiger partial charge is 0.301 e. The molecule has 0 fully saturated rings. The number of hydrogen-bond acceptors (Lipinski definition) is 4. The van der Waals surface area contributed by atoms with Crippen molar-refractivity contribution in [3.8, 4) is 6.07 Å². The Balaban J connectivity index is 1.34. The second kappa shape index (κ2) is 7.90. The van der Waals surface area contributed by atoms with Crippen LogP contribution in [0.15, 0.2) is 78.2 Å². The van der Waals surface area contributed by atoms with Gasteiger partial charge in [-0.3, -0.25) is 4.79 Å². The van der Waals surface area contributed by atoms with E-state index in [-0.39, 0.29) is 11.8 Å². The summed E-state index contributed by atoms with van der Waals surface area (Å²) in [5, 5.41) is 16.3. The second-order valence-corrected chi connectivity index (χ2v) is 10.8. The van der Waals surface area contributed by atoms with Crippen LogP contribution < -0.4 is 5.32 Å². The predicted molar refractivity (Wildman–Crippen MR) is 139 cm³/mol. The van der Waals surface area contributed by atoms with E-state index in [1.54, 1.807) is 0 Å². The van der Waals surface area contributed by atoms with Crippen LogP contribution in [0.25, 0.3) is 0 Å². The van der Waals surface area contributed by atoms with Crippen LogP contribution in [0, 0.1) is 23.7 Å². The monoisotopic (exact) mass is 475 g/mol. The van der Waals surface area contributed by atoms with Crippen molar-refractivity contribution in [1.82, 2.24) is 4.98 Å². The molecule has 2 bridgehead atoms. The summed E-state index contributed by atoms with van der Waals surface area (Å²) in [5.41, 5.74) is 5.97. The number of fused-ring (bicyclic) bond motifs is 1. The summed E-state index contributed by atoms with van der Waals surface area (Å²) in [6.45, 7) is 4.08. The molecule has 1 aromatic heterocycles. The molecule has 3 aliphatic rings. The molecule has 3 aromatic carbocycles. The van der Waals surface area contributed by atoms with Gasteiger partial charge in [-0.25, -0.2) is 4.98 Å². The summed E-state index contributed by atoms with van der Waals surface area (Å²) in [6.07, 6.45) is 1.17. The number of rotatable bonds is 4. The van der Waals surface area contributed by atoms with Crippen LogP contribution in [0.5, 0.6) is 0 Å². The molecule has 1 unspecified atom stereocenters. The van der Waals surface area contributed by atoms with E-state index in [0.717, 1.165) is 34.4 Å². The van der Waals surface area contributed by atoms with Crippen LogP contribution in [-0.2, 0) is 16.6 Å². The van der Waals surface area contributed by atoms with Crippen molar-refractivity contribution in [3.05, 3.63) is 117 Å². The van der Waals surface area contributed by atoms with Gasteiger partial charge in [0, 0.05) is 17.7 Å². The molecule has 0 aliphatic heterocycles.